The molecule has 0 radical (unpaired) electrons. The summed E-state index contributed by atoms with van der Waals surface area (Å²) < 4.78 is 7.13. The average Bonchev–Trinajstić information content (AvgIpc) is 3.30. The van der Waals surface area contributed by atoms with Crippen LogP contribution >= 0.6 is 0 Å². The maximum absolute atomic E-state index is 12.0. The normalized spacial score (nSPS) is 25.6. The molecule has 2 aromatic rings. The molecule has 0 aromatic heterocycles. The Morgan fingerprint density at radius 1 is 0.935 bits per heavy atom. The van der Waals surface area contributed by atoms with Gasteiger partial charge in [0.1, 0.15) is 6.04 Å². The van der Waals surface area contributed by atoms with Crippen LogP contribution in [-0.4, -0.2) is 53.7 Å². The number of hydrogen-bond acceptors (Lipinski definition) is 3. The minimum absolute atomic E-state index is 0.219. The molecule has 2 aliphatic rings. The molecule has 2 fully saturated rings. The minimum atomic E-state index is -2.82. The fourth-order valence-electron chi connectivity index (χ4n) is 5.63. The monoisotopic (exact) mass is 439 g/mol. The molecule has 1 saturated heterocycles. The molecule has 4 atom stereocenters. The third-order valence-electron chi connectivity index (χ3n) is 6.84. The van der Waals surface area contributed by atoms with Gasteiger partial charge in [0.15, 0.2) is 0 Å². The Morgan fingerprint density at radius 2 is 1.45 bits per heavy atom. The quantitative estimate of drug-likeness (QED) is 0.699. The zero-order valence-corrected chi connectivity index (χ0v) is 19.1. The van der Waals surface area contributed by atoms with Crippen LogP contribution in [0.2, 0.25) is 5.04 Å². The van der Waals surface area contributed by atoms with Gasteiger partial charge >= 0.3 is 12.1 Å². The van der Waals surface area contributed by atoms with E-state index >= 15 is 0 Å². The first-order valence-corrected chi connectivity index (χ1v) is 12.6. The summed E-state index contributed by atoms with van der Waals surface area (Å²) in [6.45, 7) is 6.56. The van der Waals surface area contributed by atoms with Crippen molar-refractivity contribution in [3.63, 3.8) is 0 Å². The third-order valence-corrected chi connectivity index (χ3v) is 11.9. The van der Waals surface area contributed by atoms with E-state index in [1.54, 1.807) is 0 Å². The lowest BCUT2D eigenvalue weighted by atomic mass is 9.96. The number of aliphatic carboxylic acids is 1. The van der Waals surface area contributed by atoms with E-state index in [0.29, 0.717) is 12.8 Å². The minimum Gasteiger partial charge on any atom is -0.480 e. The summed E-state index contributed by atoms with van der Waals surface area (Å²) in [5.74, 6) is -1.44. The third kappa shape index (κ3) is 3.45. The molecule has 7 heteroatoms. The van der Waals surface area contributed by atoms with Crippen LogP contribution < -0.4 is 10.4 Å². The number of amides is 1. The van der Waals surface area contributed by atoms with Crippen molar-refractivity contribution in [1.82, 2.24) is 4.90 Å². The molecule has 31 heavy (non-hydrogen) atoms. The van der Waals surface area contributed by atoms with Gasteiger partial charge in [-0.1, -0.05) is 81.4 Å². The Kier molecular flexibility index (Phi) is 5.43. The van der Waals surface area contributed by atoms with Crippen LogP contribution in [0.25, 0.3) is 0 Å². The summed E-state index contributed by atoms with van der Waals surface area (Å²) in [5, 5.41) is 21.5. The molecule has 2 bridgehead atoms. The van der Waals surface area contributed by atoms with Crippen molar-refractivity contribution in [3.8, 4) is 0 Å². The van der Waals surface area contributed by atoms with E-state index in [9.17, 15) is 19.8 Å². The second kappa shape index (κ2) is 7.80. The molecular formula is C24H29NO5Si. The number of rotatable bonds is 5. The highest BCUT2D eigenvalue weighted by Gasteiger charge is 2.60. The number of carboxylic acids is 1. The molecular weight excluding hydrogens is 410 g/mol. The van der Waals surface area contributed by atoms with Gasteiger partial charge in [-0.2, -0.15) is 0 Å². The zero-order chi connectivity index (χ0) is 22.4. The molecule has 6 nitrogen and oxygen atoms in total. The molecule has 1 aliphatic heterocycles. The van der Waals surface area contributed by atoms with E-state index in [1.165, 1.54) is 0 Å². The van der Waals surface area contributed by atoms with E-state index in [4.69, 9.17) is 4.43 Å². The van der Waals surface area contributed by atoms with Crippen molar-refractivity contribution in [2.75, 3.05) is 0 Å². The number of carbonyl (C=O) groups is 2. The number of carboxylic acid groups (broad SMARTS) is 2. The predicted molar refractivity (Wildman–Crippen MR) is 120 cm³/mol. The Labute approximate surface area is 183 Å². The average molecular weight is 440 g/mol. The predicted octanol–water partition coefficient (Wildman–Crippen LogP) is 3.16. The van der Waals surface area contributed by atoms with Crippen LogP contribution in [0.5, 0.6) is 0 Å². The topological polar surface area (TPSA) is 87.1 Å². The lowest BCUT2D eigenvalue weighted by Gasteiger charge is -2.47. The lowest BCUT2D eigenvalue weighted by Crippen LogP contribution is -2.69. The molecule has 2 aromatic carbocycles. The van der Waals surface area contributed by atoms with Crippen molar-refractivity contribution < 1.29 is 24.2 Å². The van der Waals surface area contributed by atoms with Gasteiger partial charge in [0.05, 0.1) is 6.10 Å². The summed E-state index contributed by atoms with van der Waals surface area (Å²) in [6.07, 6.45) is -0.394. The van der Waals surface area contributed by atoms with Gasteiger partial charge in [0.2, 0.25) is 0 Å². The molecule has 1 saturated carbocycles. The number of hydrogen-bond donors (Lipinski definition) is 2. The summed E-state index contributed by atoms with van der Waals surface area (Å²) >= 11 is 0. The number of fused-ring (bicyclic) bond motifs is 2. The van der Waals surface area contributed by atoms with Crippen molar-refractivity contribution >= 4 is 30.8 Å². The highest BCUT2D eigenvalue weighted by molar-refractivity contribution is 6.99. The number of benzene rings is 2. The van der Waals surface area contributed by atoms with Crippen LogP contribution in [0.3, 0.4) is 0 Å². The fourth-order valence-corrected chi connectivity index (χ4v) is 10.4. The maximum Gasteiger partial charge on any atom is 0.408 e. The van der Waals surface area contributed by atoms with E-state index in [1.807, 2.05) is 36.4 Å². The molecule has 1 aliphatic carbocycles. The van der Waals surface area contributed by atoms with E-state index in [2.05, 4.69) is 45.0 Å². The molecule has 1 heterocycles. The Bertz CT molecular complexity index is 919. The van der Waals surface area contributed by atoms with Gasteiger partial charge in [0.25, 0.3) is 8.32 Å². The summed E-state index contributed by atoms with van der Waals surface area (Å²) in [7, 11) is -2.82. The van der Waals surface area contributed by atoms with Crippen molar-refractivity contribution in [1.29, 1.82) is 0 Å². The van der Waals surface area contributed by atoms with Crippen LogP contribution in [0, 0.1) is 5.92 Å². The second-order valence-corrected chi connectivity index (χ2v) is 13.8. The van der Waals surface area contributed by atoms with Gasteiger partial charge in [-0.15, -0.1) is 0 Å². The maximum atomic E-state index is 12.0. The Morgan fingerprint density at radius 3 is 1.87 bits per heavy atom. The van der Waals surface area contributed by atoms with Gasteiger partial charge < -0.3 is 14.6 Å². The number of piperidine rings is 1. The standard InChI is InChI=1S/C24H29NO5Si/c1-24(2,3)31(17-10-6-4-7-11-17,18-12-8-5-9-13-18)30-20-15-16-14-19(20)21(22(26)27)25(16)23(28)29/h4-13,16,19-21H,14-15H2,1-3H3,(H,26,27)(H,28,29)/t16?,19?,20-,21?/m0/s1. The largest absolute Gasteiger partial charge is 0.480 e. The Balaban J connectivity index is 1.80. The van der Waals surface area contributed by atoms with Crippen LogP contribution in [0.15, 0.2) is 60.7 Å². The van der Waals surface area contributed by atoms with Crippen molar-refractivity contribution in [2.24, 2.45) is 5.92 Å². The first kappa shape index (κ1) is 21.6. The van der Waals surface area contributed by atoms with Gasteiger partial charge in [0, 0.05) is 12.0 Å². The Hall–Kier alpha value is -2.64. The first-order valence-electron chi connectivity index (χ1n) is 10.7. The SMILES string of the molecule is CC(C)(C)[Si](O[C@H]1CC2CC1C(C(=O)O)N2C(=O)O)(c1ccccc1)c1ccccc1. The fraction of sp³-hybridized carbons (Fsp3) is 0.417. The van der Waals surface area contributed by atoms with Crippen LogP contribution in [0.1, 0.15) is 33.6 Å². The summed E-state index contributed by atoms with van der Waals surface area (Å²) in [5.41, 5.74) is 0. The molecule has 1 amide bonds. The first-order chi connectivity index (χ1) is 14.7. The van der Waals surface area contributed by atoms with Gasteiger partial charge in [-0.25, -0.2) is 9.59 Å². The summed E-state index contributed by atoms with van der Waals surface area (Å²) in [4.78, 5) is 24.9. The highest BCUT2D eigenvalue weighted by Crippen LogP contribution is 2.47. The van der Waals surface area contributed by atoms with Crippen molar-refractivity contribution in [3.05, 3.63) is 60.7 Å². The number of nitrogens with zero attached hydrogens (tertiary/aromatic N) is 1. The number of likely N-dealkylation sites (tertiary alicyclic amines) is 1. The van der Waals surface area contributed by atoms with E-state index in [-0.39, 0.29) is 23.1 Å². The second-order valence-electron chi connectivity index (χ2n) is 9.58. The van der Waals surface area contributed by atoms with Crippen LogP contribution in [-0.2, 0) is 9.22 Å². The van der Waals surface area contributed by atoms with E-state index in [0.717, 1.165) is 15.3 Å². The molecule has 3 unspecified atom stereocenters. The molecule has 2 N–H and O–H groups in total. The highest BCUT2D eigenvalue weighted by atomic mass is 28.4. The smallest absolute Gasteiger partial charge is 0.408 e. The molecule has 4 rings (SSSR count). The van der Waals surface area contributed by atoms with Crippen LogP contribution in [0.4, 0.5) is 4.79 Å². The van der Waals surface area contributed by atoms with Gasteiger partial charge in [-0.05, 0) is 28.3 Å². The van der Waals surface area contributed by atoms with Gasteiger partial charge in [-0.3, -0.25) is 4.90 Å². The van der Waals surface area contributed by atoms with E-state index < -0.39 is 26.4 Å². The summed E-state index contributed by atoms with van der Waals surface area (Å²) in [6, 6.07) is 19.1. The zero-order valence-electron chi connectivity index (χ0n) is 18.1. The van der Waals surface area contributed by atoms with Crippen molar-refractivity contribution in [2.45, 2.75) is 56.8 Å². The molecule has 164 valence electrons. The molecule has 0 spiro atoms. The lowest BCUT2D eigenvalue weighted by molar-refractivity contribution is -0.145.